The normalized spacial score (nSPS) is 10.8. The zero-order chi connectivity index (χ0) is 18.9. The number of likely N-dealkylation sites (N-methyl/N-ethyl adjacent to an activating group) is 1. The van der Waals surface area contributed by atoms with Gasteiger partial charge in [0.2, 0.25) is 0 Å². The predicted octanol–water partition coefficient (Wildman–Crippen LogP) is 3.65. The molecule has 2 aromatic carbocycles. The van der Waals surface area contributed by atoms with Gasteiger partial charge in [0.1, 0.15) is 0 Å². The van der Waals surface area contributed by atoms with Crippen LogP contribution in [-0.2, 0) is 6.42 Å². The summed E-state index contributed by atoms with van der Waals surface area (Å²) in [5.74, 6) is 2.87. The average Bonchev–Trinajstić information content (AvgIpc) is 2.69. The van der Waals surface area contributed by atoms with Crippen LogP contribution in [0.2, 0.25) is 0 Å². The molecule has 0 aliphatic rings. The molecule has 0 aliphatic carbocycles. The van der Waals surface area contributed by atoms with E-state index in [9.17, 15) is 0 Å². The van der Waals surface area contributed by atoms with Crippen molar-refractivity contribution in [3.63, 3.8) is 0 Å². The number of methoxy groups -OCH3 is 4. The van der Waals surface area contributed by atoms with Crippen molar-refractivity contribution in [2.24, 2.45) is 0 Å². The van der Waals surface area contributed by atoms with Gasteiger partial charge in [-0.1, -0.05) is 18.2 Å². The minimum atomic E-state index is 0.706. The van der Waals surface area contributed by atoms with Gasteiger partial charge in [-0.05, 0) is 61.0 Å². The number of rotatable bonds is 9. The second-order valence-electron chi connectivity index (χ2n) is 5.71. The van der Waals surface area contributed by atoms with Crippen molar-refractivity contribution in [2.45, 2.75) is 6.42 Å². The van der Waals surface area contributed by atoms with Crippen LogP contribution in [0.4, 0.5) is 0 Å². The van der Waals surface area contributed by atoms with Gasteiger partial charge in [-0.15, -0.1) is 0 Å². The smallest absolute Gasteiger partial charge is 0.161 e. The number of ether oxygens (including phenoxy) is 4. The van der Waals surface area contributed by atoms with E-state index in [-0.39, 0.29) is 0 Å². The van der Waals surface area contributed by atoms with Crippen molar-refractivity contribution in [2.75, 3.05) is 42.0 Å². The molecule has 5 nitrogen and oxygen atoms in total. The first-order valence-electron chi connectivity index (χ1n) is 8.46. The summed E-state index contributed by atoms with van der Waals surface area (Å²) in [4.78, 5) is 0. The van der Waals surface area contributed by atoms with E-state index in [1.165, 1.54) is 5.56 Å². The lowest BCUT2D eigenvalue weighted by Gasteiger charge is -2.13. The van der Waals surface area contributed by atoms with Crippen LogP contribution in [0, 0.1) is 0 Å². The molecule has 0 aliphatic heterocycles. The summed E-state index contributed by atoms with van der Waals surface area (Å²) in [7, 11) is 8.51. The maximum Gasteiger partial charge on any atom is 0.161 e. The molecule has 0 saturated carbocycles. The van der Waals surface area contributed by atoms with Gasteiger partial charge >= 0.3 is 0 Å². The lowest BCUT2D eigenvalue weighted by Crippen LogP contribution is -2.11. The molecule has 0 heterocycles. The molecule has 0 fully saturated rings. The maximum atomic E-state index is 5.44. The fourth-order valence-corrected chi connectivity index (χ4v) is 2.71. The third kappa shape index (κ3) is 4.70. The summed E-state index contributed by atoms with van der Waals surface area (Å²) in [5, 5.41) is 3.18. The first-order chi connectivity index (χ1) is 12.7. The summed E-state index contributed by atoms with van der Waals surface area (Å²) in [6.45, 7) is 0.882. The van der Waals surface area contributed by atoms with Gasteiger partial charge in [-0.25, -0.2) is 0 Å². The topological polar surface area (TPSA) is 49.0 Å². The molecule has 1 N–H and O–H groups in total. The highest BCUT2D eigenvalue weighted by Gasteiger charge is 2.10. The van der Waals surface area contributed by atoms with Crippen molar-refractivity contribution in [3.8, 4) is 23.0 Å². The molecular weight excluding hydrogens is 330 g/mol. The highest BCUT2D eigenvalue weighted by molar-refractivity contribution is 5.74. The van der Waals surface area contributed by atoms with E-state index >= 15 is 0 Å². The van der Waals surface area contributed by atoms with Gasteiger partial charge in [0.05, 0.1) is 28.4 Å². The molecule has 0 aromatic heterocycles. The Morgan fingerprint density at radius 1 is 0.769 bits per heavy atom. The molecule has 0 atom stereocenters. The molecule has 0 spiro atoms. The maximum absolute atomic E-state index is 5.44. The molecule has 0 saturated heterocycles. The fourth-order valence-electron chi connectivity index (χ4n) is 2.71. The van der Waals surface area contributed by atoms with Crippen LogP contribution in [0.3, 0.4) is 0 Å². The third-order valence-electron chi connectivity index (χ3n) is 4.15. The minimum Gasteiger partial charge on any atom is -0.493 e. The van der Waals surface area contributed by atoms with Crippen molar-refractivity contribution >= 4 is 12.2 Å². The summed E-state index contributed by atoms with van der Waals surface area (Å²) >= 11 is 0. The van der Waals surface area contributed by atoms with Crippen molar-refractivity contribution in [3.05, 3.63) is 47.0 Å². The van der Waals surface area contributed by atoms with Crippen molar-refractivity contribution < 1.29 is 18.9 Å². The van der Waals surface area contributed by atoms with Crippen LogP contribution in [-0.4, -0.2) is 42.0 Å². The molecular formula is C21H27NO4. The Hall–Kier alpha value is -2.66. The van der Waals surface area contributed by atoms with Gasteiger partial charge in [-0.3, -0.25) is 0 Å². The predicted molar refractivity (Wildman–Crippen MR) is 106 cm³/mol. The zero-order valence-electron chi connectivity index (χ0n) is 16.1. The van der Waals surface area contributed by atoms with E-state index in [1.807, 2.05) is 43.5 Å². The summed E-state index contributed by atoms with van der Waals surface area (Å²) in [6.07, 6.45) is 5.02. The van der Waals surface area contributed by atoms with E-state index in [0.717, 1.165) is 29.8 Å². The molecule has 26 heavy (non-hydrogen) atoms. The molecule has 0 amide bonds. The Labute approximate surface area is 155 Å². The average molecular weight is 357 g/mol. The summed E-state index contributed by atoms with van der Waals surface area (Å²) in [5.41, 5.74) is 3.30. The van der Waals surface area contributed by atoms with Crippen LogP contribution in [0.1, 0.15) is 16.7 Å². The number of benzene rings is 2. The van der Waals surface area contributed by atoms with Gasteiger partial charge < -0.3 is 24.3 Å². The van der Waals surface area contributed by atoms with Crippen LogP contribution in [0.25, 0.3) is 12.2 Å². The Morgan fingerprint density at radius 2 is 1.38 bits per heavy atom. The molecule has 0 radical (unpaired) electrons. The van der Waals surface area contributed by atoms with E-state index in [4.69, 9.17) is 18.9 Å². The minimum absolute atomic E-state index is 0.706. The van der Waals surface area contributed by atoms with E-state index in [0.29, 0.717) is 17.2 Å². The highest BCUT2D eigenvalue weighted by Crippen LogP contribution is 2.32. The van der Waals surface area contributed by atoms with Crippen LogP contribution >= 0.6 is 0 Å². The SMILES string of the molecule is CNCCc1cc(OC)c(OC)cc1/C=C/c1ccc(OC)c(OC)c1. The largest absolute Gasteiger partial charge is 0.493 e. The van der Waals surface area contributed by atoms with Crippen molar-refractivity contribution in [1.82, 2.24) is 5.32 Å². The van der Waals surface area contributed by atoms with E-state index < -0.39 is 0 Å². The highest BCUT2D eigenvalue weighted by atomic mass is 16.5. The van der Waals surface area contributed by atoms with E-state index in [2.05, 4.69) is 11.4 Å². The first-order valence-corrected chi connectivity index (χ1v) is 8.46. The number of hydrogen-bond donors (Lipinski definition) is 1. The lowest BCUT2D eigenvalue weighted by atomic mass is 10.0. The fraction of sp³-hybridized carbons (Fsp3) is 0.333. The Morgan fingerprint density at radius 3 is 2.00 bits per heavy atom. The quantitative estimate of drug-likeness (QED) is 0.694. The first kappa shape index (κ1) is 19.7. The van der Waals surface area contributed by atoms with Crippen molar-refractivity contribution in [1.29, 1.82) is 0 Å². The lowest BCUT2D eigenvalue weighted by molar-refractivity contribution is 0.354. The second kappa shape index (κ2) is 9.73. The molecule has 2 aromatic rings. The van der Waals surface area contributed by atoms with Gasteiger partial charge in [-0.2, -0.15) is 0 Å². The van der Waals surface area contributed by atoms with Gasteiger partial charge in [0.25, 0.3) is 0 Å². The Bertz CT molecular complexity index is 756. The third-order valence-corrected chi connectivity index (χ3v) is 4.15. The molecule has 140 valence electrons. The number of hydrogen-bond acceptors (Lipinski definition) is 5. The van der Waals surface area contributed by atoms with Gasteiger partial charge in [0.15, 0.2) is 23.0 Å². The van der Waals surface area contributed by atoms with Crippen LogP contribution in [0.5, 0.6) is 23.0 Å². The Kier molecular flexibility index (Phi) is 7.36. The monoisotopic (exact) mass is 357 g/mol. The zero-order valence-corrected chi connectivity index (χ0v) is 16.1. The molecule has 5 heteroatoms. The van der Waals surface area contributed by atoms with Crippen LogP contribution in [0.15, 0.2) is 30.3 Å². The Balaban J connectivity index is 2.38. The van der Waals surface area contributed by atoms with E-state index in [1.54, 1.807) is 28.4 Å². The molecule has 2 rings (SSSR count). The second-order valence-corrected chi connectivity index (χ2v) is 5.71. The standard InChI is InChI=1S/C21H27NO4/c1-22-11-10-17-14-21(26-5)20(25-4)13-16(17)8-6-15-7-9-18(23-2)19(12-15)24-3/h6-9,12-14,22H,10-11H2,1-5H3/b8-6+. The van der Waals surface area contributed by atoms with Gasteiger partial charge in [0, 0.05) is 0 Å². The summed E-state index contributed by atoms with van der Waals surface area (Å²) < 4.78 is 21.5. The number of nitrogens with one attached hydrogen (secondary N) is 1. The van der Waals surface area contributed by atoms with Crippen LogP contribution < -0.4 is 24.3 Å². The molecule has 0 bridgehead atoms. The molecule has 0 unspecified atom stereocenters. The summed E-state index contributed by atoms with van der Waals surface area (Å²) in [6, 6.07) is 9.87.